The van der Waals surface area contributed by atoms with E-state index in [2.05, 4.69) is 5.32 Å². The summed E-state index contributed by atoms with van der Waals surface area (Å²) in [6.07, 6.45) is 0. The van der Waals surface area contributed by atoms with Crippen LogP contribution in [0, 0.1) is 16.7 Å². The van der Waals surface area contributed by atoms with Gasteiger partial charge in [0.15, 0.2) is 0 Å². The van der Waals surface area contributed by atoms with Gasteiger partial charge in [-0.2, -0.15) is 5.26 Å². The zero-order valence-electron chi connectivity index (χ0n) is 10.9. The second-order valence-corrected chi connectivity index (χ2v) is 4.96. The van der Waals surface area contributed by atoms with Crippen LogP contribution in [-0.2, 0) is 9.53 Å². The van der Waals surface area contributed by atoms with Crippen molar-refractivity contribution in [2.75, 3.05) is 13.2 Å². The number of aliphatic carboxylic acids is 1. The van der Waals surface area contributed by atoms with Crippen LogP contribution in [0.4, 0.5) is 0 Å². The van der Waals surface area contributed by atoms with Gasteiger partial charge < -0.3 is 15.2 Å². The first kappa shape index (κ1) is 14.0. The predicted octanol–water partition coefficient (Wildman–Crippen LogP) is 0.778. The second kappa shape index (κ2) is 5.31. The van der Waals surface area contributed by atoms with E-state index in [0.717, 1.165) is 0 Å². The quantitative estimate of drug-likeness (QED) is 0.848. The van der Waals surface area contributed by atoms with Gasteiger partial charge in [-0.25, -0.2) is 0 Å². The molecule has 2 unspecified atom stereocenters. The Morgan fingerprint density at radius 1 is 1.55 bits per heavy atom. The summed E-state index contributed by atoms with van der Waals surface area (Å²) < 4.78 is 5.17. The van der Waals surface area contributed by atoms with Gasteiger partial charge in [0.05, 0.1) is 30.9 Å². The van der Waals surface area contributed by atoms with Crippen LogP contribution < -0.4 is 5.32 Å². The smallest absolute Gasteiger partial charge is 0.313 e. The molecule has 0 aliphatic carbocycles. The molecule has 1 heterocycles. The Balaban J connectivity index is 2.15. The summed E-state index contributed by atoms with van der Waals surface area (Å²) in [6, 6.07) is 7.59. The van der Waals surface area contributed by atoms with Crippen LogP contribution in [0.1, 0.15) is 22.8 Å². The van der Waals surface area contributed by atoms with Gasteiger partial charge in [-0.15, -0.1) is 0 Å². The molecule has 1 aliphatic heterocycles. The molecular formula is C14H14N2O4. The van der Waals surface area contributed by atoms with Crippen molar-refractivity contribution in [3.05, 3.63) is 35.4 Å². The van der Waals surface area contributed by atoms with E-state index in [0.29, 0.717) is 11.1 Å². The number of amides is 1. The highest BCUT2D eigenvalue weighted by Gasteiger charge is 2.47. The lowest BCUT2D eigenvalue weighted by molar-refractivity contribution is -0.148. The first-order valence-electron chi connectivity index (χ1n) is 6.09. The largest absolute Gasteiger partial charge is 0.481 e. The molecule has 0 radical (unpaired) electrons. The molecule has 0 bridgehead atoms. The molecule has 104 valence electrons. The van der Waals surface area contributed by atoms with Gasteiger partial charge in [0, 0.05) is 5.56 Å². The summed E-state index contributed by atoms with van der Waals surface area (Å²) in [4.78, 5) is 23.4. The Bertz CT molecular complexity index is 593. The van der Waals surface area contributed by atoms with Crippen molar-refractivity contribution >= 4 is 11.9 Å². The van der Waals surface area contributed by atoms with Gasteiger partial charge in [0.2, 0.25) is 0 Å². The Kier molecular flexibility index (Phi) is 3.72. The number of carbonyl (C=O) groups excluding carboxylic acids is 1. The second-order valence-electron chi connectivity index (χ2n) is 4.96. The summed E-state index contributed by atoms with van der Waals surface area (Å²) in [5.74, 6) is -1.42. The van der Waals surface area contributed by atoms with Crippen LogP contribution >= 0.6 is 0 Å². The van der Waals surface area contributed by atoms with E-state index >= 15 is 0 Å². The zero-order chi connectivity index (χ0) is 14.8. The third-order valence-corrected chi connectivity index (χ3v) is 3.50. The minimum absolute atomic E-state index is 0.0610. The number of benzene rings is 1. The van der Waals surface area contributed by atoms with Crippen molar-refractivity contribution in [3.63, 3.8) is 0 Å². The number of carboxylic acids is 1. The van der Waals surface area contributed by atoms with E-state index in [-0.39, 0.29) is 13.2 Å². The van der Waals surface area contributed by atoms with Gasteiger partial charge in [0.25, 0.3) is 5.91 Å². The number of carbonyl (C=O) groups is 2. The van der Waals surface area contributed by atoms with Crippen molar-refractivity contribution in [3.8, 4) is 6.07 Å². The van der Waals surface area contributed by atoms with Crippen LogP contribution in [-0.4, -0.2) is 36.2 Å². The minimum Gasteiger partial charge on any atom is -0.481 e. The highest BCUT2D eigenvalue weighted by atomic mass is 16.5. The number of hydrogen-bond acceptors (Lipinski definition) is 4. The van der Waals surface area contributed by atoms with Crippen LogP contribution in [0.2, 0.25) is 0 Å². The molecule has 1 amide bonds. The number of ether oxygens (including phenoxy) is 1. The van der Waals surface area contributed by atoms with E-state index < -0.39 is 23.3 Å². The highest BCUT2D eigenvalue weighted by molar-refractivity contribution is 5.95. The average molecular weight is 274 g/mol. The van der Waals surface area contributed by atoms with Gasteiger partial charge in [-0.1, -0.05) is 6.07 Å². The van der Waals surface area contributed by atoms with Crippen molar-refractivity contribution in [2.45, 2.75) is 13.0 Å². The van der Waals surface area contributed by atoms with E-state index in [9.17, 15) is 14.7 Å². The zero-order valence-corrected chi connectivity index (χ0v) is 10.9. The molecule has 6 nitrogen and oxygen atoms in total. The number of rotatable bonds is 3. The standard InChI is InChI=1S/C14H14N2O4/c1-14(13(18)19)8-20-7-11(14)16-12(17)10-4-2-3-9(5-10)6-15/h2-5,11H,7-8H2,1H3,(H,16,17)(H,18,19). The Morgan fingerprint density at radius 2 is 2.30 bits per heavy atom. The number of hydrogen-bond donors (Lipinski definition) is 2. The molecule has 0 saturated carbocycles. The first-order chi connectivity index (χ1) is 9.47. The first-order valence-corrected chi connectivity index (χ1v) is 6.09. The monoisotopic (exact) mass is 274 g/mol. The van der Waals surface area contributed by atoms with Crippen molar-refractivity contribution in [1.29, 1.82) is 5.26 Å². The van der Waals surface area contributed by atoms with Crippen LogP contribution in [0.5, 0.6) is 0 Å². The number of nitrogens with zero attached hydrogens (tertiary/aromatic N) is 1. The Morgan fingerprint density at radius 3 is 2.95 bits per heavy atom. The fourth-order valence-electron chi connectivity index (χ4n) is 2.06. The molecule has 1 aromatic carbocycles. The number of carboxylic acid groups (broad SMARTS) is 1. The molecule has 20 heavy (non-hydrogen) atoms. The average Bonchev–Trinajstić information content (AvgIpc) is 2.81. The maximum absolute atomic E-state index is 12.1. The fraction of sp³-hybridized carbons (Fsp3) is 0.357. The topological polar surface area (TPSA) is 99.4 Å². The summed E-state index contributed by atoms with van der Waals surface area (Å²) in [5.41, 5.74) is -0.437. The normalized spacial score (nSPS) is 24.9. The van der Waals surface area contributed by atoms with E-state index in [1.54, 1.807) is 25.1 Å². The van der Waals surface area contributed by atoms with E-state index in [1.807, 2.05) is 6.07 Å². The summed E-state index contributed by atoms with van der Waals surface area (Å²) >= 11 is 0. The summed E-state index contributed by atoms with van der Waals surface area (Å²) in [6.45, 7) is 1.76. The Labute approximate surface area is 116 Å². The molecule has 1 aromatic rings. The van der Waals surface area contributed by atoms with Gasteiger partial charge in [-0.05, 0) is 25.1 Å². The molecule has 1 saturated heterocycles. The molecular weight excluding hydrogens is 260 g/mol. The van der Waals surface area contributed by atoms with Crippen molar-refractivity contribution in [1.82, 2.24) is 5.32 Å². The SMILES string of the molecule is CC1(C(=O)O)COCC1NC(=O)c1cccc(C#N)c1. The molecule has 1 fully saturated rings. The van der Waals surface area contributed by atoms with Gasteiger partial charge in [0.1, 0.15) is 5.41 Å². The summed E-state index contributed by atoms with van der Waals surface area (Å²) in [5, 5.41) is 20.7. The van der Waals surface area contributed by atoms with Gasteiger partial charge >= 0.3 is 5.97 Å². The molecule has 0 spiro atoms. The lowest BCUT2D eigenvalue weighted by Gasteiger charge is -2.25. The fourth-order valence-corrected chi connectivity index (χ4v) is 2.06. The lowest BCUT2D eigenvalue weighted by atomic mass is 9.85. The lowest BCUT2D eigenvalue weighted by Crippen LogP contribution is -2.49. The highest BCUT2D eigenvalue weighted by Crippen LogP contribution is 2.28. The van der Waals surface area contributed by atoms with E-state index in [1.165, 1.54) is 6.07 Å². The maximum Gasteiger partial charge on any atom is 0.313 e. The third-order valence-electron chi connectivity index (χ3n) is 3.50. The molecule has 0 aromatic heterocycles. The van der Waals surface area contributed by atoms with Crippen LogP contribution in [0.25, 0.3) is 0 Å². The van der Waals surface area contributed by atoms with Gasteiger partial charge in [-0.3, -0.25) is 9.59 Å². The Hall–Kier alpha value is -2.39. The summed E-state index contributed by atoms with van der Waals surface area (Å²) in [7, 11) is 0. The van der Waals surface area contributed by atoms with E-state index in [4.69, 9.17) is 10.00 Å². The molecule has 2 atom stereocenters. The van der Waals surface area contributed by atoms with Crippen molar-refractivity contribution < 1.29 is 19.4 Å². The number of nitrogens with one attached hydrogen (secondary N) is 1. The third kappa shape index (κ3) is 2.49. The van der Waals surface area contributed by atoms with Crippen LogP contribution in [0.3, 0.4) is 0 Å². The number of nitriles is 1. The van der Waals surface area contributed by atoms with Crippen molar-refractivity contribution in [2.24, 2.45) is 5.41 Å². The minimum atomic E-state index is -1.14. The molecule has 2 rings (SSSR count). The van der Waals surface area contributed by atoms with Crippen LogP contribution in [0.15, 0.2) is 24.3 Å². The molecule has 2 N–H and O–H groups in total. The molecule has 6 heteroatoms. The maximum atomic E-state index is 12.1. The molecule has 1 aliphatic rings. The predicted molar refractivity (Wildman–Crippen MR) is 69.0 cm³/mol.